The second-order valence-corrected chi connectivity index (χ2v) is 8.80. The average molecular weight is 418 g/mol. The summed E-state index contributed by atoms with van der Waals surface area (Å²) in [5.41, 5.74) is -0.0517. The number of nitro groups is 1. The summed E-state index contributed by atoms with van der Waals surface area (Å²) >= 11 is 0. The Hall–Kier alpha value is -2.19. The number of nitro benzene ring substituents is 1. The Kier molecular flexibility index (Phi) is 6.24. The Morgan fingerprint density at radius 3 is 2.83 bits per heavy atom. The first kappa shape index (κ1) is 21.1. The van der Waals surface area contributed by atoms with Crippen molar-refractivity contribution >= 4 is 11.6 Å². The van der Waals surface area contributed by atoms with Crippen LogP contribution in [0.15, 0.2) is 24.3 Å². The van der Waals surface area contributed by atoms with Gasteiger partial charge in [0.15, 0.2) is 6.61 Å². The van der Waals surface area contributed by atoms with Gasteiger partial charge in [0.05, 0.1) is 16.6 Å². The van der Waals surface area contributed by atoms with Gasteiger partial charge in [0, 0.05) is 31.8 Å². The highest BCUT2D eigenvalue weighted by atomic mass is 16.6. The Balaban J connectivity index is 1.41. The van der Waals surface area contributed by atoms with Crippen LogP contribution in [0.1, 0.15) is 44.9 Å². The summed E-state index contributed by atoms with van der Waals surface area (Å²) in [6.45, 7) is 2.90. The van der Waals surface area contributed by atoms with E-state index in [-0.39, 0.29) is 29.8 Å². The van der Waals surface area contributed by atoms with Crippen LogP contribution in [-0.2, 0) is 9.53 Å². The van der Waals surface area contributed by atoms with Crippen molar-refractivity contribution in [3.05, 3.63) is 34.4 Å². The predicted octanol–water partition coefficient (Wildman–Crippen LogP) is 3.00. The number of nitrogens with zero attached hydrogens (tertiary/aromatic N) is 3. The molecule has 4 rings (SSSR count). The van der Waals surface area contributed by atoms with Gasteiger partial charge in [0.2, 0.25) is 0 Å². The van der Waals surface area contributed by atoms with Gasteiger partial charge in [0.1, 0.15) is 5.75 Å². The maximum atomic E-state index is 12.9. The Labute approximate surface area is 177 Å². The van der Waals surface area contributed by atoms with Gasteiger partial charge in [-0.2, -0.15) is 0 Å². The fourth-order valence-corrected chi connectivity index (χ4v) is 5.35. The van der Waals surface area contributed by atoms with Crippen molar-refractivity contribution in [2.45, 2.75) is 62.6 Å². The Morgan fingerprint density at radius 1 is 1.33 bits per heavy atom. The van der Waals surface area contributed by atoms with E-state index in [0.29, 0.717) is 11.8 Å². The monoisotopic (exact) mass is 417 g/mol. The number of carbonyl (C=O) groups is 1. The Bertz CT molecular complexity index is 774. The highest BCUT2D eigenvalue weighted by molar-refractivity contribution is 5.78. The zero-order valence-corrected chi connectivity index (χ0v) is 17.6. The van der Waals surface area contributed by atoms with Crippen LogP contribution in [0.2, 0.25) is 0 Å². The quantitative estimate of drug-likeness (QED) is 0.523. The molecule has 8 nitrogen and oxygen atoms in total. The molecule has 3 aliphatic rings. The van der Waals surface area contributed by atoms with Crippen LogP contribution >= 0.6 is 0 Å². The van der Waals surface area contributed by atoms with Gasteiger partial charge >= 0.3 is 0 Å². The third kappa shape index (κ3) is 4.44. The number of ether oxygens (including phenoxy) is 2. The van der Waals surface area contributed by atoms with Crippen molar-refractivity contribution in [3.8, 4) is 5.75 Å². The molecule has 3 fully saturated rings. The lowest BCUT2D eigenvalue weighted by atomic mass is 9.76. The summed E-state index contributed by atoms with van der Waals surface area (Å²) in [7, 11) is 1.86. The van der Waals surface area contributed by atoms with E-state index >= 15 is 0 Å². The van der Waals surface area contributed by atoms with Crippen molar-refractivity contribution < 1.29 is 19.2 Å². The minimum absolute atomic E-state index is 0.00683. The molecule has 1 spiro atoms. The summed E-state index contributed by atoms with van der Waals surface area (Å²) < 4.78 is 11.8. The Morgan fingerprint density at radius 2 is 2.13 bits per heavy atom. The fourth-order valence-electron chi connectivity index (χ4n) is 5.35. The molecule has 1 aromatic rings. The van der Waals surface area contributed by atoms with Crippen LogP contribution in [0.25, 0.3) is 0 Å². The standard InChI is InChI=1S/C22H31N3O5/c1-23(21(26)16-29-18-7-4-6-17(14-18)25(27)28)19-8-10-22(9-5-13-30-22)15-20(19)24-11-2-3-12-24/h4,6-7,14,19-20H,2-3,5,8-13,15-16H2,1H3. The van der Waals surface area contributed by atoms with Crippen molar-refractivity contribution in [2.75, 3.05) is 33.4 Å². The number of benzene rings is 1. The van der Waals surface area contributed by atoms with Gasteiger partial charge in [0.25, 0.3) is 11.6 Å². The zero-order valence-electron chi connectivity index (χ0n) is 17.6. The highest BCUT2D eigenvalue weighted by Gasteiger charge is 2.47. The van der Waals surface area contributed by atoms with Gasteiger partial charge in [-0.15, -0.1) is 0 Å². The summed E-state index contributed by atoms with van der Waals surface area (Å²) in [5.74, 6) is 0.239. The highest BCUT2D eigenvalue weighted by Crippen LogP contribution is 2.42. The molecule has 2 heterocycles. The summed E-state index contributed by atoms with van der Waals surface area (Å²) in [4.78, 5) is 27.8. The van der Waals surface area contributed by atoms with Crippen LogP contribution in [0.5, 0.6) is 5.75 Å². The number of likely N-dealkylation sites (tertiary alicyclic amines) is 1. The summed E-state index contributed by atoms with van der Waals surface area (Å²) in [6.07, 6.45) is 7.59. The molecule has 3 unspecified atom stereocenters. The number of rotatable bonds is 6. The third-order valence-electron chi connectivity index (χ3n) is 7.00. The first-order valence-electron chi connectivity index (χ1n) is 11.0. The third-order valence-corrected chi connectivity index (χ3v) is 7.00. The van der Waals surface area contributed by atoms with Crippen LogP contribution < -0.4 is 4.74 Å². The largest absolute Gasteiger partial charge is 0.484 e. The van der Waals surface area contributed by atoms with Crippen LogP contribution in [0, 0.1) is 10.1 Å². The fraction of sp³-hybridized carbons (Fsp3) is 0.682. The molecule has 0 bridgehead atoms. The predicted molar refractivity (Wildman–Crippen MR) is 112 cm³/mol. The van der Waals surface area contributed by atoms with Gasteiger partial charge < -0.3 is 14.4 Å². The van der Waals surface area contributed by atoms with E-state index in [9.17, 15) is 14.9 Å². The zero-order chi connectivity index (χ0) is 21.1. The number of amides is 1. The molecule has 2 aliphatic heterocycles. The molecule has 0 radical (unpaired) electrons. The molecule has 1 saturated carbocycles. The molecule has 8 heteroatoms. The first-order valence-corrected chi connectivity index (χ1v) is 11.0. The van der Waals surface area contributed by atoms with Crippen molar-refractivity contribution in [3.63, 3.8) is 0 Å². The van der Waals surface area contributed by atoms with Gasteiger partial charge in [-0.1, -0.05) is 6.07 Å². The molecule has 3 atom stereocenters. The van der Waals surface area contributed by atoms with E-state index in [1.807, 2.05) is 11.9 Å². The van der Waals surface area contributed by atoms with Crippen molar-refractivity contribution in [2.24, 2.45) is 0 Å². The number of hydrogen-bond donors (Lipinski definition) is 0. The van der Waals surface area contributed by atoms with E-state index in [1.165, 1.54) is 25.0 Å². The summed E-state index contributed by atoms with van der Waals surface area (Å²) in [6, 6.07) is 6.40. The van der Waals surface area contributed by atoms with E-state index in [0.717, 1.165) is 51.8 Å². The molecule has 164 valence electrons. The van der Waals surface area contributed by atoms with E-state index in [4.69, 9.17) is 9.47 Å². The van der Waals surface area contributed by atoms with Gasteiger partial charge in [-0.25, -0.2) is 0 Å². The molecule has 1 aliphatic carbocycles. The molecule has 0 N–H and O–H groups in total. The van der Waals surface area contributed by atoms with Crippen LogP contribution in [-0.4, -0.2) is 71.7 Å². The first-order chi connectivity index (χ1) is 14.5. The van der Waals surface area contributed by atoms with Crippen LogP contribution in [0.4, 0.5) is 5.69 Å². The van der Waals surface area contributed by atoms with Crippen molar-refractivity contribution in [1.29, 1.82) is 0 Å². The number of carbonyl (C=O) groups excluding carboxylic acids is 1. The topological polar surface area (TPSA) is 85.2 Å². The molecule has 30 heavy (non-hydrogen) atoms. The lowest BCUT2D eigenvalue weighted by Gasteiger charge is -2.48. The van der Waals surface area contributed by atoms with Gasteiger partial charge in [-0.05, 0) is 64.1 Å². The normalized spacial score (nSPS) is 29.2. The second kappa shape index (κ2) is 8.89. The molecule has 1 amide bonds. The maximum Gasteiger partial charge on any atom is 0.273 e. The lowest BCUT2D eigenvalue weighted by molar-refractivity contribution is -0.384. The molecular weight excluding hydrogens is 386 g/mol. The second-order valence-electron chi connectivity index (χ2n) is 8.80. The van der Waals surface area contributed by atoms with E-state index in [1.54, 1.807) is 12.1 Å². The van der Waals surface area contributed by atoms with E-state index in [2.05, 4.69) is 4.90 Å². The number of likely N-dealkylation sites (N-methyl/N-ethyl adjacent to an activating group) is 1. The molecule has 1 aromatic carbocycles. The lowest BCUT2D eigenvalue weighted by Crippen LogP contribution is -2.58. The smallest absolute Gasteiger partial charge is 0.273 e. The van der Waals surface area contributed by atoms with Crippen molar-refractivity contribution in [1.82, 2.24) is 9.80 Å². The minimum Gasteiger partial charge on any atom is -0.484 e. The number of hydrogen-bond acceptors (Lipinski definition) is 6. The minimum atomic E-state index is -0.468. The molecule has 2 saturated heterocycles. The number of non-ortho nitro benzene ring substituents is 1. The van der Waals surface area contributed by atoms with Gasteiger partial charge in [-0.3, -0.25) is 19.8 Å². The average Bonchev–Trinajstić information content (AvgIpc) is 3.44. The molecular formula is C22H31N3O5. The van der Waals surface area contributed by atoms with Crippen LogP contribution in [0.3, 0.4) is 0 Å². The molecule has 0 aromatic heterocycles. The summed E-state index contributed by atoms with van der Waals surface area (Å²) in [5, 5.41) is 10.9. The maximum absolute atomic E-state index is 12.9. The van der Waals surface area contributed by atoms with E-state index < -0.39 is 4.92 Å². The SMILES string of the molecule is CN(C(=O)COc1cccc([N+](=O)[O-])c1)C1CCC2(CCCO2)CC1N1CCCC1.